The molecule has 214 valence electrons. The Morgan fingerprint density at radius 1 is 1.18 bits per heavy atom. The summed E-state index contributed by atoms with van der Waals surface area (Å²) in [7, 11) is 2.16. The number of hydrogen-bond acceptors (Lipinski definition) is 11. The summed E-state index contributed by atoms with van der Waals surface area (Å²) in [6.07, 6.45) is 9.20. The SMILES string of the molecule is C[C@H](Oc1cc(N[C@H]2CCOC2)nc(-c2onc3c2CCC[C@@]32CCCc3sc(N)c(N)c32)n1)[C@@H]1CCCN1C. The van der Waals surface area contributed by atoms with Crippen LogP contribution in [0.3, 0.4) is 0 Å². The molecular formula is C29H39N7O3S. The van der Waals surface area contributed by atoms with Crippen molar-refractivity contribution in [1.82, 2.24) is 20.0 Å². The third kappa shape index (κ3) is 4.33. The number of likely N-dealkylation sites (N-methyl/N-ethyl adjacent to an activating group) is 1. The van der Waals surface area contributed by atoms with Crippen LogP contribution in [0.2, 0.25) is 0 Å². The van der Waals surface area contributed by atoms with Gasteiger partial charge in [0.25, 0.3) is 0 Å². The van der Waals surface area contributed by atoms with Crippen molar-refractivity contribution >= 4 is 27.8 Å². The number of thiophene rings is 1. The number of fused-ring (bicyclic) bond motifs is 4. The van der Waals surface area contributed by atoms with Gasteiger partial charge in [-0.05, 0) is 78.3 Å². The molecule has 0 bridgehead atoms. The van der Waals surface area contributed by atoms with Gasteiger partial charge in [-0.15, -0.1) is 11.3 Å². The number of nitrogens with zero attached hydrogens (tertiary/aromatic N) is 4. The molecule has 40 heavy (non-hydrogen) atoms. The molecule has 7 rings (SSSR count). The molecule has 0 amide bonds. The molecule has 0 unspecified atom stereocenters. The van der Waals surface area contributed by atoms with Gasteiger partial charge in [0.15, 0.2) is 0 Å². The smallest absolute Gasteiger partial charge is 0.219 e. The second-order valence-corrected chi connectivity index (χ2v) is 13.1. The molecule has 1 spiro atoms. The van der Waals surface area contributed by atoms with Gasteiger partial charge in [-0.1, -0.05) is 5.16 Å². The fourth-order valence-corrected chi connectivity index (χ4v) is 8.60. The van der Waals surface area contributed by atoms with Crippen LogP contribution >= 0.6 is 11.3 Å². The second kappa shape index (κ2) is 10.2. The number of rotatable bonds is 6. The first-order chi connectivity index (χ1) is 19.4. The van der Waals surface area contributed by atoms with Crippen LogP contribution in [0.15, 0.2) is 10.6 Å². The average Bonchev–Trinajstić information content (AvgIpc) is 3.73. The van der Waals surface area contributed by atoms with E-state index in [1.807, 2.05) is 6.07 Å². The van der Waals surface area contributed by atoms with E-state index < -0.39 is 0 Å². The molecule has 2 aliphatic heterocycles. The van der Waals surface area contributed by atoms with E-state index >= 15 is 0 Å². The summed E-state index contributed by atoms with van der Waals surface area (Å²) >= 11 is 1.63. The van der Waals surface area contributed by atoms with Crippen molar-refractivity contribution < 1.29 is 14.0 Å². The molecule has 2 fully saturated rings. The number of nitrogens with one attached hydrogen (secondary N) is 1. The summed E-state index contributed by atoms with van der Waals surface area (Å²) in [5, 5.41) is 8.97. The Morgan fingerprint density at radius 3 is 2.80 bits per heavy atom. The van der Waals surface area contributed by atoms with E-state index in [0.29, 0.717) is 40.9 Å². The number of hydrogen-bond donors (Lipinski definition) is 3. The zero-order valence-electron chi connectivity index (χ0n) is 23.4. The molecule has 4 atom stereocenters. The standard InChI is InChI=1S/C29H39N7O3S/c1-16(19-7-5-12-36(19)2)38-22-14-21(32-17-9-13-37-15-17)33-28(34-22)25-18-6-3-10-29(26(18)35-39-25)11-4-8-20-23(29)24(30)27(31)40-20/h14,16-17,19H,3-13,15,30-31H2,1-2H3,(H,32,33,34)/t16-,17-,19-,29-/m0/s1. The lowest BCUT2D eigenvalue weighted by Gasteiger charge is -2.39. The van der Waals surface area contributed by atoms with E-state index in [0.717, 1.165) is 81.5 Å². The average molecular weight is 566 g/mol. The number of anilines is 3. The van der Waals surface area contributed by atoms with Crippen molar-refractivity contribution in [3.63, 3.8) is 0 Å². The number of aromatic nitrogens is 3. The highest BCUT2D eigenvalue weighted by Crippen LogP contribution is 2.55. The van der Waals surface area contributed by atoms with E-state index in [9.17, 15) is 0 Å². The minimum atomic E-state index is -0.265. The van der Waals surface area contributed by atoms with E-state index in [2.05, 4.69) is 24.2 Å². The topological polar surface area (TPSA) is 138 Å². The largest absolute Gasteiger partial charge is 0.473 e. The van der Waals surface area contributed by atoms with Crippen molar-refractivity contribution in [1.29, 1.82) is 0 Å². The Hall–Kier alpha value is -2.89. The number of ether oxygens (including phenoxy) is 2. The first-order valence-electron chi connectivity index (χ1n) is 14.7. The highest BCUT2D eigenvalue weighted by molar-refractivity contribution is 7.16. The first-order valence-corrected chi connectivity index (χ1v) is 15.5. The van der Waals surface area contributed by atoms with Gasteiger partial charge in [0, 0.05) is 40.1 Å². The normalized spacial score (nSPS) is 27.1. The zero-order chi connectivity index (χ0) is 27.4. The molecule has 5 N–H and O–H groups in total. The lowest BCUT2D eigenvalue weighted by atomic mass is 9.63. The van der Waals surface area contributed by atoms with Gasteiger partial charge in [-0.3, -0.25) is 4.90 Å². The molecule has 3 aromatic heterocycles. The van der Waals surface area contributed by atoms with Crippen LogP contribution in [0, 0.1) is 0 Å². The Labute approximate surface area is 238 Å². The quantitative estimate of drug-likeness (QED) is 0.395. The van der Waals surface area contributed by atoms with Gasteiger partial charge in [-0.2, -0.15) is 4.98 Å². The van der Waals surface area contributed by atoms with Gasteiger partial charge >= 0.3 is 0 Å². The van der Waals surface area contributed by atoms with Crippen molar-refractivity contribution in [3.05, 3.63) is 27.8 Å². The summed E-state index contributed by atoms with van der Waals surface area (Å²) in [6, 6.07) is 2.47. The zero-order valence-corrected chi connectivity index (χ0v) is 24.2. The van der Waals surface area contributed by atoms with E-state index in [4.69, 9.17) is 40.6 Å². The van der Waals surface area contributed by atoms with Crippen molar-refractivity contribution in [2.24, 2.45) is 0 Å². The Morgan fingerprint density at radius 2 is 2.02 bits per heavy atom. The molecule has 0 saturated carbocycles. The Kier molecular flexibility index (Phi) is 6.63. The van der Waals surface area contributed by atoms with Gasteiger partial charge in [-0.25, -0.2) is 4.98 Å². The maximum Gasteiger partial charge on any atom is 0.219 e. The van der Waals surface area contributed by atoms with E-state index in [1.54, 1.807) is 11.3 Å². The molecule has 11 heteroatoms. The highest BCUT2D eigenvalue weighted by atomic mass is 32.1. The predicted molar refractivity (Wildman–Crippen MR) is 156 cm³/mol. The van der Waals surface area contributed by atoms with Crippen molar-refractivity contribution in [2.45, 2.75) is 88.3 Å². The van der Waals surface area contributed by atoms with Gasteiger partial charge in [0.2, 0.25) is 17.5 Å². The third-order valence-electron chi connectivity index (χ3n) is 9.42. The molecular weight excluding hydrogens is 526 g/mol. The van der Waals surface area contributed by atoms with Gasteiger partial charge in [0.05, 0.1) is 24.0 Å². The summed E-state index contributed by atoms with van der Waals surface area (Å²) in [6.45, 7) is 4.63. The van der Waals surface area contributed by atoms with Crippen LogP contribution in [-0.4, -0.2) is 65.0 Å². The predicted octanol–water partition coefficient (Wildman–Crippen LogP) is 4.38. The molecule has 0 aromatic carbocycles. The van der Waals surface area contributed by atoms with Gasteiger partial charge in [0.1, 0.15) is 16.9 Å². The van der Waals surface area contributed by atoms with E-state index in [1.165, 1.54) is 16.9 Å². The fourth-order valence-electron chi connectivity index (χ4n) is 7.47. The van der Waals surface area contributed by atoms with Crippen LogP contribution in [-0.2, 0) is 23.0 Å². The number of nitrogens with two attached hydrogens (primary N) is 2. The maximum atomic E-state index is 6.59. The van der Waals surface area contributed by atoms with Crippen molar-refractivity contribution in [3.8, 4) is 17.5 Å². The summed E-state index contributed by atoms with van der Waals surface area (Å²) < 4.78 is 18.2. The first kappa shape index (κ1) is 26.0. The van der Waals surface area contributed by atoms with Crippen molar-refractivity contribution in [2.75, 3.05) is 43.6 Å². The lowest BCUT2D eigenvalue weighted by molar-refractivity contribution is 0.117. The van der Waals surface area contributed by atoms with E-state index in [-0.39, 0.29) is 17.6 Å². The fraction of sp³-hybridized carbons (Fsp3) is 0.621. The molecule has 4 aliphatic rings. The molecule has 3 aromatic rings. The molecule has 10 nitrogen and oxygen atoms in total. The Balaban J connectivity index is 1.28. The molecule has 2 saturated heterocycles. The number of aryl methyl sites for hydroxylation is 1. The second-order valence-electron chi connectivity index (χ2n) is 11.9. The third-order valence-corrected chi connectivity index (χ3v) is 10.5. The maximum absolute atomic E-state index is 6.59. The lowest BCUT2D eigenvalue weighted by Crippen LogP contribution is -2.38. The minimum Gasteiger partial charge on any atom is -0.473 e. The van der Waals surface area contributed by atoms with Gasteiger partial charge < -0.3 is 30.8 Å². The summed E-state index contributed by atoms with van der Waals surface area (Å²) in [5.74, 6) is 2.40. The van der Waals surface area contributed by atoms with Crippen LogP contribution in [0.4, 0.5) is 16.5 Å². The number of nitrogen functional groups attached to an aromatic ring is 2. The van der Waals surface area contributed by atoms with Crippen LogP contribution in [0.1, 0.15) is 73.6 Å². The van der Waals surface area contributed by atoms with Crippen LogP contribution < -0.4 is 21.5 Å². The monoisotopic (exact) mass is 565 g/mol. The Bertz CT molecular complexity index is 1400. The summed E-state index contributed by atoms with van der Waals surface area (Å²) in [4.78, 5) is 13.5. The minimum absolute atomic E-state index is 0.00231. The summed E-state index contributed by atoms with van der Waals surface area (Å²) in [5.41, 5.74) is 16.6. The van der Waals surface area contributed by atoms with Crippen LogP contribution in [0.5, 0.6) is 5.88 Å². The number of likely N-dealkylation sites (tertiary alicyclic amines) is 1. The molecule has 0 radical (unpaired) electrons. The molecule has 2 aliphatic carbocycles. The van der Waals surface area contributed by atoms with Crippen LogP contribution in [0.25, 0.3) is 11.6 Å². The molecule has 5 heterocycles. The highest BCUT2D eigenvalue weighted by Gasteiger charge is 2.48.